The van der Waals surface area contributed by atoms with E-state index >= 15 is 0 Å². The zero-order chi connectivity index (χ0) is 13.0. The molecule has 1 aromatic carbocycles. The minimum Gasteiger partial charge on any atom is -0.298 e. The van der Waals surface area contributed by atoms with Crippen LogP contribution < -0.4 is 0 Å². The maximum atomic E-state index is 10.9. The summed E-state index contributed by atoms with van der Waals surface area (Å²) in [7, 11) is 0. The SMILES string of the molecule is CCC1CCCC(C(C)c2cccc(C=O)c2)C1. The van der Waals surface area contributed by atoms with Gasteiger partial charge in [0.1, 0.15) is 6.29 Å². The van der Waals surface area contributed by atoms with E-state index in [2.05, 4.69) is 26.0 Å². The third-order valence-electron chi connectivity index (χ3n) is 4.68. The Labute approximate surface area is 111 Å². The normalized spacial score (nSPS) is 25.7. The molecule has 1 fully saturated rings. The Morgan fingerprint density at radius 3 is 2.94 bits per heavy atom. The lowest BCUT2D eigenvalue weighted by atomic mass is 9.73. The Bertz CT molecular complexity index is 396. The van der Waals surface area contributed by atoms with E-state index in [4.69, 9.17) is 0 Å². The largest absolute Gasteiger partial charge is 0.298 e. The Morgan fingerprint density at radius 2 is 2.22 bits per heavy atom. The van der Waals surface area contributed by atoms with Crippen LogP contribution >= 0.6 is 0 Å². The summed E-state index contributed by atoms with van der Waals surface area (Å²) < 4.78 is 0. The molecular formula is C17H24O. The van der Waals surface area contributed by atoms with E-state index < -0.39 is 0 Å². The van der Waals surface area contributed by atoms with Crippen LogP contribution in [0.15, 0.2) is 24.3 Å². The van der Waals surface area contributed by atoms with Crippen molar-refractivity contribution in [3.8, 4) is 0 Å². The van der Waals surface area contributed by atoms with Gasteiger partial charge in [0.25, 0.3) is 0 Å². The molecule has 0 saturated heterocycles. The average molecular weight is 244 g/mol. The molecule has 1 aliphatic rings. The summed E-state index contributed by atoms with van der Waals surface area (Å²) in [6, 6.07) is 8.13. The van der Waals surface area contributed by atoms with E-state index in [1.54, 1.807) is 0 Å². The summed E-state index contributed by atoms with van der Waals surface area (Å²) in [5.41, 5.74) is 2.14. The highest BCUT2D eigenvalue weighted by atomic mass is 16.1. The maximum Gasteiger partial charge on any atom is 0.150 e. The van der Waals surface area contributed by atoms with Crippen molar-refractivity contribution >= 4 is 6.29 Å². The summed E-state index contributed by atoms with van der Waals surface area (Å²) in [6.07, 6.45) is 7.77. The van der Waals surface area contributed by atoms with E-state index in [9.17, 15) is 4.79 Å². The van der Waals surface area contributed by atoms with Crippen molar-refractivity contribution in [2.24, 2.45) is 11.8 Å². The van der Waals surface area contributed by atoms with Crippen LogP contribution in [-0.2, 0) is 0 Å². The van der Waals surface area contributed by atoms with Gasteiger partial charge in [-0.15, -0.1) is 0 Å². The van der Waals surface area contributed by atoms with Gasteiger partial charge in [-0.1, -0.05) is 51.3 Å². The van der Waals surface area contributed by atoms with E-state index in [0.29, 0.717) is 5.92 Å². The summed E-state index contributed by atoms with van der Waals surface area (Å²) in [5.74, 6) is 2.30. The van der Waals surface area contributed by atoms with Crippen molar-refractivity contribution in [2.75, 3.05) is 0 Å². The lowest BCUT2D eigenvalue weighted by Crippen LogP contribution is -2.20. The van der Waals surface area contributed by atoms with Gasteiger partial charge in [0.15, 0.2) is 0 Å². The lowest BCUT2D eigenvalue weighted by molar-refractivity contribution is 0.112. The van der Waals surface area contributed by atoms with Crippen LogP contribution in [0.1, 0.15) is 67.8 Å². The van der Waals surface area contributed by atoms with Gasteiger partial charge >= 0.3 is 0 Å². The molecule has 0 N–H and O–H groups in total. The van der Waals surface area contributed by atoms with Crippen molar-refractivity contribution in [1.82, 2.24) is 0 Å². The number of carbonyl (C=O) groups excluding carboxylic acids is 1. The highest BCUT2D eigenvalue weighted by Crippen LogP contribution is 2.39. The third-order valence-corrected chi connectivity index (χ3v) is 4.68. The number of carbonyl (C=O) groups is 1. The van der Waals surface area contributed by atoms with Crippen LogP contribution in [0.25, 0.3) is 0 Å². The van der Waals surface area contributed by atoms with Crippen LogP contribution in [0.4, 0.5) is 0 Å². The van der Waals surface area contributed by atoms with Gasteiger partial charge in [-0.3, -0.25) is 4.79 Å². The fraction of sp³-hybridized carbons (Fsp3) is 0.588. The molecule has 98 valence electrons. The van der Waals surface area contributed by atoms with E-state index in [0.717, 1.165) is 23.7 Å². The molecule has 3 atom stereocenters. The molecule has 3 unspecified atom stereocenters. The number of aldehydes is 1. The molecule has 0 radical (unpaired) electrons. The van der Waals surface area contributed by atoms with E-state index in [1.807, 2.05) is 12.1 Å². The van der Waals surface area contributed by atoms with Gasteiger partial charge in [0.05, 0.1) is 0 Å². The molecule has 0 amide bonds. The first-order valence-electron chi connectivity index (χ1n) is 7.29. The smallest absolute Gasteiger partial charge is 0.150 e. The van der Waals surface area contributed by atoms with Crippen molar-refractivity contribution in [2.45, 2.75) is 51.9 Å². The monoisotopic (exact) mass is 244 g/mol. The second-order valence-electron chi connectivity index (χ2n) is 5.78. The summed E-state index contributed by atoms with van der Waals surface area (Å²) in [4.78, 5) is 10.9. The zero-order valence-electron chi connectivity index (χ0n) is 11.6. The van der Waals surface area contributed by atoms with Gasteiger partial charge in [-0.05, 0) is 42.2 Å². The topological polar surface area (TPSA) is 17.1 Å². The molecule has 0 heterocycles. The van der Waals surface area contributed by atoms with Crippen molar-refractivity contribution in [3.63, 3.8) is 0 Å². The Balaban J connectivity index is 2.09. The van der Waals surface area contributed by atoms with Crippen LogP contribution in [0.2, 0.25) is 0 Å². The van der Waals surface area contributed by atoms with Crippen LogP contribution in [0.5, 0.6) is 0 Å². The molecule has 1 aromatic rings. The molecule has 18 heavy (non-hydrogen) atoms. The number of hydrogen-bond donors (Lipinski definition) is 0. The molecule has 0 spiro atoms. The highest BCUT2D eigenvalue weighted by Gasteiger charge is 2.26. The minimum atomic E-state index is 0.583. The Morgan fingerprint density at radius 1 is 1.39 bits per heavy atom. The van der Waals surface area contributed by atoms with Crippen molar-refractivity contribution in [3.05, 3.63) is 35.4 Å². The van der Waals surface area contributed by atoms with Gasteiger partial charge in [-0.2, -0.15) is 0 Å². The average Bonchev–Trinajstić information content (AvgIpc) is 2.46. The maximum absolute atomic E-state index is 10.9. The van der Waals surface area contributed by atoms with Gasteiger partial charge in [-0.25, -0.2) is 0 Å². The van der Waals surface area contributed by atoms with Crippen LogP contribution in [-0.4, -0.2) is 6.29 Å². The second-order valence-corrected chi connectivity index (χ2v) is 5.78. The molecule has 0 bridgehead atoms. The Kier molecular flexibility index (Phi) is 4.57. The van der Waals surface area contributed by atoms with Crippen molar-refractivity contribution in [1.29, 1.82) is 0 Å². The fourth-order valence-corrected chi connectivity index (χ4v) is 3.35. The van der Waals surface area contributed by atoms with E-state index in [-0.39, 0.29) is 0 Å². The number of rotatable bonds is 4. The predicted molar refractivity (Wildman–Crippen MR) is 76.0 cm³/mol. The molecule has 1 aliphatic carbocycles. The molecule has 0 aromatic heterocycles. The molecule has 0 aliphatic heterocycles. The number of benzene rings is 1. The quantitative estimate of drug-likeness (QED) is 0.694. The summed E-state index contributed by atoms with van der Waals surface area (Å²) in [5, 5.41) is 0. The number of hydrogen-bond acceptors (Lipinski definition) is 1. The first-order valence-corrected chi connectivity index (χ1v) is 7.29. The van der Waals surface area contributed by atoms with Crippen LogP contribution in [0.3, 0.4) is 0 Å². The molecular weight excluding hydrogens is 220 g/mol. The third kappa shape index (κ3) is 3.01. The van der Waals surface area contributed by atoms with Crippen molar-refractivity contribution < 1.29 is 4.79 Å². The van der Waals surface area contributed by atoms with Gasteiger partial charge in [0.2, 0.25) is 0 Å². The Hall–Kier alpha value is -1.11. The second kappa shape index (κ2) is 6.17. The first kappa shape index (κ1) is 13.3. The minimum absolute atomic E-state index is 0.583. The molecule has 1 nitrogen and oxygen atoms in total. The molecule has 1 saturated carbocycles. The fourth-order valence-electron chi connectivity index (χ4n) is 3.35. The van der Waals surface area contributed by atoms with Gasteiger partial charge in [0, 0.05) is 5.56 Å². The molecule has 2 rings (SSSR count). The summed E-state index contributed by atoms with van der Waals surface area (Å²) in [6.45, 7) is 4.64. The zero-order valence-corrected chi connectivity index (χ0v) is 11.6. The lowest BCUT2D eigenvalue weighted by Gasteiger charge is -2.33. The first-order chi connectivity index (χ1) is 8.74. The molecule has 1 heteroatoms. The standard InChI is InChI=1S/C17H24O/c1-3-14-6-4-8-16(10-14)13(2)17-9-5-7-15(11-17)12-18/h5,7,9,11-14,16H,3-4,6,8,10H2,1-2H3. The van der Waals surface area contributed by atoms with Gasteiger partial charge < -0.3 is 0 Å². The summed E-state index contributed by atoms with van der Waals surface area (Å²) >= 11 is 0. The predicted octanol–water partition coefficient (Wildman–Crippen LogP) is 4.82. The van der Waals surface area contributed by atoms with Crippen LogP contribution in [0, 0.1) is 11.8 Å². The highest BCUT2D eigenvalue weighted by molar-refractivity contribution is 5.75. The van der Waals surface area contributed by atoms with E-state index in [1.165, 1.54) is 37.7 Å².